The molecule has 0 aromatic carbocycles. The second kappa shape index (κ2) is 4.40. The van der Waals surface area contributed by atoms with E-state index in [0.29, 0.717) is 0 Å². The molecular formula is C12H25N3. The predicted octanol–water partition coefficient (Wildman–Crippen LogP) is 0.751. The van der Waals surface area contributed by atoms with E-state index in [-0.39, 0.29) is 5.41 Å². The van der Waals surface area contributed by atoms with Crippen LogP contribution in [-0.4, -0.2) is 55.1 Å². The Balaban J connectivity index is 1.77. The summed E-state index contributed by atoms with van der Waals surface area (Å²) in [5.74, 6) is 0. The van der Waals surface area contributed by atoms with Crippen LogP contribution in [0.3, 0.4) is 0 Å². The van der Waals surface area contributed by atoms with Gasteiger partial charge in [-0.1, -0.05) is 13.8 Å². The van der Waals surface area contributed by atoms with E-state index in [2.05, 4.69) is 23.6 Å². The molecule has 2 aliphatic rings. The van der Waals surface area contributed by atoms with Gasteiger partial charge in [-0.05, 0) is 44.4 Å². The predicted molar refractivity (Wildman–Crippen MR) is 63.9 cm³/mol. The lowest BCUT2D eigenvalue weighted by atomic mass is 9.93. The van der Waals surface area contributed by atoms with Crippen molar-refractivity contribution in [3.8, 4) is 0 Å². The molecular weight excluding hydrogens is 186 g/mol. The van der Waals surface area contributed by atoms with Gasteiger partial charge in [-0.25, -0.2) is 0 Å². The lowest BCUT2D eigenvalue weighted by Gasteiger charge is -2.37. The average Bonchev–Trinajstić information content (AvgIpc) is 2.49. The Morgan fingerprint density at radius 3 is 2.53 bits per heavy atom. The molecule has 0 spiro atoms. The Kier molecular flexibility index (Phi) is 3.33. The summed E-state index contributed by atoms with van der Waals surface area (Å²) < 4.78 is 0. The van der Waals surface area contributed by atoms with Crippen LogP contribution in [0, 0.1) is 5.41 Å². The van der Waals surface area contributed by atoms with Crippen LogP contribution in [0.1, 0.15) is 26.7 Å². The van der Waals surface area contributed by atoms with E-state index in [0.717, 1.165) is 19.1 Å². The normalized spacial score (nSPS) is 29.4. The van der Waals surface area contributed by atoms with Gasteiger partial charge >= 0.3 is 0 Å². The first-order valence-electron chi connectivity index (χ1n) is 6.27. The van der Waals surface area contributed by atoms with E-state index in [1.54, 1.807) is 0 Å². The van der Waals surface area contributed by atoms with Crippen LogP contribution < -0.4 is 5.73 Å². The molecule has 2 saturated heterocycles. The van der Waals surface area contributed by atoms with Crippen LogP contribution in [0.5, 0.6) is 0 Å². The molecule has 0 radical (unpaired) electrons. The largest absolute Gasteiger partial charge is 0.330 e. The van der Waals surface area contributed by atoms with Gasteiger partial charge in [-0.15, -0.1) is 0 Å². The van der Waals surface area contributed by atoms with Gasteiger partial charge in [0.05, 0.1) is 0 Å². The first kappa shape index (κ1) is 11.4. The van der Waals surface area contributed by atoms with E-state index in [1.165, 1.54) is 39.0 Å². The second-order valence-electron chi connectivity index (χ2n) is 5.94. The highest BCUT2D eigenvalue weighted by molar-refractivity contribution is 4.88. The summed E-state index contributed by atoms with van der Waals surface area (Å²) in [7, 11) is 0. The van der Waals surface area contributed by atoms with Crippen molar-refractivity contribution in [1.29, 1.82) is 0 Å². The third-order valence-corrected chi connectivity index (χ3v) is 3.86. The number of hydrogen-bond acceptors (Lipinski definition) is 3. The average molecular weight is 211 g/mol. The Morgan fingerprint density at radius 1 is 1.27 bits per heavy atom. The lowest BCUT2D eigenvalue weighted by molar-refractivity contribution is 0.114. The first-order chi connectivity index (χ1) is 7.11. The smallest absolute Gasteiger partial charge is 0.0235 e. The lowest BCUT2D eigenvalue weighted by Crippen LogP contribution is -2.47. The third kappa shape index (κ3) is 2.71. The van der Waals surface area contributed by atoms with Crippen LogP contribution in [-0.2, 0) is 0 Å². The summed E-state index contributed by atoms with van der Waals surface area (Å²) in [6.45, 7) is 11.7. The van der Waals surface area contributed by atoms with Gasteiger partial charge in [0.15, 0.2) is 0 Å². The summed E-state index contributed by atoms with van der Waals surface area (Å²) in [6, 6.07) is 0.840. The standard InChI is InChI=1S/C12H25N3/c1-12(2,9-13)10-14-7-4-11(8-14)15-5-3-6-15/h11H,3-10,13H2,1-2H3. The van der Waals surface area contributed by atoms with Gasteiger partial charge in [0.25, 0.3) is 0 Å². The van der Waals surface area contributed by atoms with E-state index >= 15 is 0 Å². The molecule has 0 saturated carbocycles. The van der Waals surface area contributed by atoms with Gasteiger partial charge in [0.2, 0.25) is 0 Å². The van der Waals surface area contributed by atoms with Crippen molar-refractivity contribution < 1.29 is 0 Å². The molecule has 2 heterocycles. The fourth-order valence-corrected chi connectivity index (χ4v) is 2.63. The zero-order chi connectivity index (χ0) is 10.9. The van der Waals surface area contributed by atoms with Gasteiger partial charge in [-0.3, -0.25) is 4.90 Å². The molecule has 0 aromatic rings. The minimum Gasteiger partial charge on any atom is -0.330 e. The molecule has 1 unspecified atom stereocenters. The highest BCUT2D eigenvalue weighted by Crippen LogP contribution is 2.23. The third-order valence-electron chi connectivity index (χ3n) is 3.86. The zero-order valence-electron chi connectivity index (χ0n) is 10.2. The highest BCUT2D eigenvalue weighted by Gasteiger charge is 2.32. The second-order valence-corrected chi connectivity index (χ2v) is 5.94. The number of likely N-dealkylation sites (tertiary alicyclic amines) is 2. The molecule has 15 heavy (non-hydrogen) atoms. The van der Waals surface area contributed by atoms with Gasteiger partial charge in [0, 0.05) is 19.1 Å². The first-order valence-corrected chi connectivity index (χ1v) is 6.27. The van der Waals surface area contributed by atoms with Crippen LogP contribution >= 0.6 is 0 Å². The number of nitrogens with two attached hydrogens (primary N) is 1. The molecule has 2 fully saturated rings. The van der Waals surface area contributed by atoms with Crippen LogP contribution in [0.4, 0.5) is 0 Å². The monoisotopic (exact) mass is 211 g/mol. The van der Waals surface area contributed by atoms with Gasteiger partial charge < -0.3 is 10.6 Å². The number of hydrogen-bond donors (Lipinski definition) is 1. The molecule has 0 amide bonds. The van der Waals surface area contributed by atoms with E-state index < -0.39 is 0 Å². The van der Waals surface area contributed by atoms with Crippen LogP contribution in [0.25, 0.3) is 0 Å². The number of rotatable bonds is 4. The van der Waals surface area contributed by atoms with Crippen molar-refractivity contribution in [3.05, 3.63) is 0 Å². The Labute approximate surface area is 93.6 Å². The van der Waals surface area contributed by atoms with Crippen molar-refractivity contribution in [2.45, 2.75) is 32.7 Å². The van der Waals surface area contributed by atoms with Crippen molar-refractivity contribution in [1.82, 2.24) is 9.80 Å². The van der Waals surface area contributed by atoms with Crippen molar-refractivity contribution in [2.75, 3.05) is 39.3 Å². The molecule has 2 N–H and O–H groups in total. The molecule has 3 nitrogen and oxygen atoms in total. The van der Waals surface area contributed by atoms with Gasteiger partial charge in [-0.2, -0.15) is 0 Å². The summed E-state index contributed by atoms with van der Waals surface area (Å²) >= 11 is 0. The molecule has 88 valence electrons. The van der Waals surface area contributed by atoms with Crippen LogP contribution in [0.15, 0.2) is 0 Å². The summed E-state index contributed by atoms with van der Waals surface area (Å²) in [5.41, 5.74) is 6.06. The van der Waals surface area contributed by atoms with Crippen molar-refractivity contribution in [3.63, 3.8) is 0 Å². The minimum absolute atomic E-state index is 0.282. The fraction of sp³-hybridized carbons (Fsp3) is 1.00. The van der Waals surface area contributed by atoms with Crippen molar-refractivity contribution in [2.24, 2.45) is 11.1 Å². The maximum atomic E-state index is 5.78. The van der Waals surface area contributed by atoms with E-state index in [9.17, 15) is 0 Å². The highest BCUT2D eigenvalue weighted by atomic mass is 15.3. The quantitative estimate of drug-likeness (QED) is 0.745. The van der Waals surface area contributed by atoms with Crippen molar-refractivity contribution >= 4 is 0 Å². The number of nitrogens with zero attached hydrogens (tertiary/aromatic N) is 2. The van der Waals surface area contributed by atoms with E-state index in [1.807, 2.05) is 0 Å². The molecule has 3 heteroatoms. The maximum Gasteiger partial charge on any atom is 0.0235 e. The Hall–Kier alpha value is -0.120. The fourth-order valence-electron chi connectivity index (χ4n) is 2.63. The van der Waals surface area contributed by atoms with Crippen LogP contribution in [0.2, 0.25) is 0 Å². The molecule has 0 bridgehead atoms. The van der Waals surface area contributed by atoms with Gasteiger partial charge in [0.1, 0.15) is 0 Å². The Morgan fingerprint density at radius 2 is 2.00 bits per heavy atom. The molecule has 0 aromatic heterocycles. The molecule has 2 rings (SSSR count). The SMILES string of the molecule is CC(C)(CN)CN1CCC(N2CCC2)C1. The summed E-state index contributed by atoms with van der Waals surface area (Å²) in [4.78, 5) is 5.23. The summed E-state index contributed by atoms with van der Waals surface area (Å²) in [6.07, 6.45) is 2.77. The summed E-state index contributed by atoms with van der Waals surface area (Å²) in [5, 5.41) is 0. The topological polar surface area (TPSA) is 32.5 Å². The Bertz CT molecular complexity index is 211. The zero-order valence-corrected chi connectivity index (χ0v) is 10.2. The maximum absolute atomic E-state index is 5.78. The molecule has 0 aliphatic carbocycles. The molecule has 1 atom stereocenters. The molecule has 2 aliphatic heterocycles. The van der Waals surface area contributed by atoms with E-state index in [4.69, 9.17) is 5.73 Å². The minimum atomic E-state index is 0.282.